The molecule has 2 aromatic heterocycles. The summed E-state index contributed by atoms with van der Waals surface area (Å²) in [6.07, 6.45) is -7.35. The Kier molecular flexibility index (Phi) is 8.35. The van der Waals surface area contributed by atoms with Gasteiger partial charge in [-0.25, -0.2) is 9.97 Å². The van der Waals surface area contributed by atoms with Gasteiger partial charge in [0.05, 0.1) is 60.8 Å². The van der Waals surface area contributed by atoms with Gasteiger partial charge in [0.1, 0.15) is 5.82 Å². The van der Waals surface area contributed by atoms with E-state index in [1.807, 2.05) is 17.9 Å². The Bertz CT molecular complexity index is 1380. The predicted octanol–water partition coefficient (Wildman–Crippen LogP) is 6.09. The number of fused-ring (bicyclic) bond motifs is 1. The number of nitrogens with zero attached hydrogens (tertiary/aromatic N) is 4. The van der Waals surface area contributed by atoms with Crippen LogP contribution in [0.1, 0.15) is 53.9 Å². The van der Waals surface area contributed by atoms with Crippen molar-refractivity contribution < 1.29 is 35.8 Å². The van der Waals surface area contributed by atoms with Crippen LogP contribution in [-0.2, 0) is 23.5 Å². The number of morpholine rings is 1. The maximum atomic E-state index is 13.5. The van der Waals surface area contributed by atoms with E-state index in [1.54, 1.807) is 6.07 Å². The normalized spacial score (nSPS) is 19.2. The minimum atomic E-state index is -4.96. The van der Waals surface area contributed by atoms with Gasteiger partial charge in [0, 0.05) is 31.6 Å². The Labute approximate surface area is 238 Å². The van der Waals surface area contributed by atoms with Gasteiger partial charge >= 0.3 is 12.4 Å². The highest BCUT2D eigenvalue weighted by Gasteiger charge is 2.37. The van der Waals surface area contributed by atoms with Crippen LogP contribution in [0.4, 0.5) is 43.7 Å². The summed E-state index contributed by atoms with van der Waals surface area (Å²) in [6.45, 7) is 4.12. The lowest BCUT2D eigenvalue weighted by molar-refractivity contribution is -0.143. The van der Waals surface area contributed by atoms with Crippen molar-refractivity contribution in [2.75, 3.05) is 48.9 Å². The second-order valence-corrected chi connectivity index (χ2v) is 10.2. The Hall–Kier alpha value is -3.81. The number of hydrogen-bond donors (Lipinski definition) is 2. The van der Waals surface area contributed by atoms with Crippen molar-refractivity contribution >= 4 is 17.3 Å². The zero-order valence-electron chi connectivity index (χ0n) is 22.9. The van der Waals surface area contributed by atoms with Crippen LogP contribution in [0.2, 0.25) is 0 Å². The lowest BCUT2D eigenvalue weighted by Gasteiger charge is -2.33. The van der Waals surface area contributed by atoms with Gasteiger partial charge in [-0.3, -0.25) is 4.98 Å². The number of pyridine rings is 1. The highest BCUT2D eigenvalue weighted by atomic mass is 19.4. The molecule has 0 bridgehead atoms. The van der Waals surface area contributed by atoms with Crippen molar-refractivity contribution in [3.8, 4) is 5.88 Å². The monoisotopic (exact) mass is 596 g/mol. The molecule has 0 amide bonds. The third-order valence-electron chi connectivity index (χ3n) is 7.31. The van der Waals surface area contributed by atoms with Crippen molar-refractivity contribution in [1.82, 2.24) is 15.0 Å². The van der Waals surface area contributed by atoms with Crippen molar-refractivity contribution in [2.24, 2.45) is 0 Å². The Morgan fingerprint density at radius 1 is 1.02 bits per heavy atom. The molecule has 1 saturated heterocycles. The molecule has 0 saturated carbocycles. The number of rotatable bonds is 7. The van der Waals surface area contributed by atoms with Gasteiger partial charge in [-0.1, -0.05) is 6.92 Å². The average Bonchev–Trinajstić information content (AvgIpc) is 2.97. The topological polar surface area (TPSA) is 84.4 Å². The lowest BCUT2D eigenvalue weighted by atomic mass is 9.95. The molecule has 2 aliphatic heterocycles. The SMILES string of the molecule is CC[C@@H]1C[C@H](Nc2nc(N3CCOCC3)cnc2Cc2cc(C(F)(F)F)cc(C(F)(F)F)c2)c2nc(OC)ccc2N1. The van der Waals surface area contributed by atoms with Crippen molar-refractivity contribution in [3.63, 3.8) is 0 Å². The number of benzene rings is 1. The maximum Gasteiger partial charge on any atom is 0.416 e. The van der Waals surface area contributed by atoms with Gasteiger partial charge in [-0.05, 0) is 42.7 Å². The first-order valence-electron chi connectivity index (χ1n) is 13.5. The first kappa shape index (κ1) is 29.7. The molecule has 0 aliphatic carbocycles. The van der Waals surface area contributed by atoms with Gasteiger partial charge in [-0.2, -0.15) is 26.3 Å². The Morgan fingerprint density at radius 2 is 1.71 bits per heavy atom. The number of hydrogen-bond acceptors (Lipinski definition) is 8. The highest BCUT2D eigenvalue weighted by Crippen LogP contribution is 2.39. The van der Waals surface area contributed by atoms with E-state index in [0.717, 1.165) is 24.2 Å². The maximum absolute atomic E-state index is 13.5. The van der Waals surface area contributed by atoms with Crippen LogP contribution in [0, 0.1) is 0 Å². The van der Waals surface area contributed by atoms with Gasteiger partial charge in [0.25, 0.3) is 0 Å². The molecule has 1 fully saturated rings. The number of nitrogens with one attached hydrogen (secondary N) is 2. The number of ether oxygens (including phenoxy) is 2. The molecule has 226 valence electrons. The molecule has 2 aliphatic rings. The second kappa shape index (κ2) is 11.8. The molecule has 14 heteroatoms. The Morgan fingerprint density at radius 3 is 2.33 bits per heavy atom. The van der Waals surface area contributed by atoms with Gasteiger partial charge in [0.2, 0.25) is 5.88 Å². The number of anilines is 3. The van der Waals surface area contributed by atoms with E-state index in [1.165, 1.54) is 13.3 Å². The summed E-state index contributed by atoms with van der Waals surface area (Å²) in [7, 11) is 1.50. The van der Waals surface area contributed by atoms with E-state index < -0.39 is 23.5 Å². The minimum Gasteiger partial charge on any atom is -0.481 e. The van der Waals surface area contributed by atoms with Gasteiger partial charge in [0.15, 0.2) is 5.82 Å². The number of methoxy groups -OCH3 is 1. The number of halogens is 6. The van der Waals surface area contributed by atoms with Gasteiger partial charge < -0.3 is 25.0 Å². The van der Waals surface area contributed by atoms with Crippen LogP contribution in [0.3, 0.4) is 0 Å². The molecule has 5 rings (SSSR count). The Balaban J connectivity index is 1.56. The van der Waals surface area contributed by atoms with Crippen LogP contribution in [0.25, 0.3) is 0 Å². The largest absolute Gasteiger partial charge is 0.481 e. The zero-order chi connectivity index (χ0) is 30.1. The fraction of sp³-hybridized carbons (Fsp3) is 0.464. The summed E-state index contributed by atoms with van der Waals surface area (Å²) >= 11 is 0. The fourth-order valence-corrected chi connectivity index (χ4v) is 5.10. The summed E-state index contributed by atoms with van der Waals surface area (Å²) < 4.78 is 92.0. The average molecular weight is 597 g/mol. The number of alkyl halides is 6. The van der Waals surface area contributed by atoms with Crippen molar-refractivity contribution in [3.05, 3.63) is 64.6 Å². The third-order valence-corrected chi connectivity index (χ3v) is 7.31. The summed E-state index contributed by atoms with van der Waals surface area (Å²) in [5.74, 6) is 1.17. The first-order chi connectivity index (χ1) is 19.9. The molecule has 8 nitrogen and oxygen atoms in total. The van der Waals surface area contributed by atoms with Crippen LogP contribution in [0.15, 0.2) is 36.5 Å². The molecule has 4 heterocycles. The zero-order valence-corrected chi connectivity index (χ0v) is 22.9. The fourth-order valence-electron chi connectivity index (χ4n) is 5.10. The molecular formula is C28H30F6N6O2. The van der Waals surface area contributed by atoms with Crippen LogP contribution < -0.4 is 20.3 Å². The van der Waals surface area contributed by atoms with E-state index in [9.17, 15) is 26.3 Å². The lowest BCUT2D eigenvalue weighted by Crippen LogP contribution is -2.37. The summed E-state index contributed by atoms with van der Waals surface area (Å²) in [5.41, 5.74) is -1.30. The van der Waals surface area contributed by atoms with E-state index in [-0.39, 0.29) is 41.6 Å². The summed E-state index contributed by atoms with van der Waals surface area (Å²) in [4.78, 5) is 15.8. The van der Waals surface area contributed by atoms with E-state index >= 15 is 0 Å². The highest BCUT2D eigenvalue weighted by molar-refractivity contribution is 5.58. The number of aromatic nitrogens is 3. The molecule has 0 unspecified atom stereocenters. The van der Waals surface area contributed by atoms with E-state index in [2.05, 4.69) is 20.6 Å². The predicted molar refractivity (Wildman–Crippen MR) is 144 cm³/mol. The van der Waals surface area contributed by atoms with Crippen molar-refractivity contribution in [1.29, 1.82) is 0 Å². The standard InChI is InChI=1S/C28H30F6N6O2/c1-3-19-14-21(25-20(36-19)4-5-24(39-25)41-2)37-26-22(35-15-23(38-26)40-6-8-42-9-7-40)12-16-10-17(27(29,30)31)13-18(11-16)28(32,33)34/h4-5,10-11,13,15,19,21,36H,3,6-9,12,14H2,1-2H3,(H,37,38)/t19-,21+/m1/s1. The molecule has 42 heavy (non-hydrogen) atoms. The van der Waals surface area contributed by atoms with Crippen molar-refractivity contribution in [2.45, 2.75) is 50.6 Å². The third kappa shape index (κ3) is 6.63. The van der Waals surface area contributed by atoms with Crippen LogP contribution >= 0.6 is 0 Å². The smallest absolute Gasteiger partial charge is 0.416 e. The van der Waals surface area contributed by atoms with E-state index in [4.69, 9.17) is 14.5 Å². The van der Waals surface area contributed by atoms with E-state index in [0.29, 0.717) is 50.1 Å². The first-order valence-corrected chi connectivity index (χ1v) is 13.5. The summed E-state index contributed by atoms with van der Waals surface area (Å²) in [6, 6.07) is 4.84. The molecule has 1 aromatic carbocycles. The molecule has 2 N–H and O–H groups in total. The van der Waals surface area contributed by atoms with Crippen LogP contribution in [0.5, 0.6) is 5.88 Å². The molecule has 3 aromatic rings. The molecular weight excluding hydrogens is 566 g/mol. The quantitative estimate of drug-likeness (QED) is 0.317. The second-order valence-electron chi connectivity index (χ2n) is 10.2. The van der Waals surface area contributed by atoms with Crippen LogP contribution in [-0.4, -0.2) is 54.4 Å². The molecule has 2 atom stereocenters. The summed E-state index contributed by atoms with van der Waals surface area (Å²) in [5, 5.41) is 6.82. The minimum absolute atomic E-state index is 0.0850. The molecule has 0 spiro atoms. The van der Waals surface area contributed by atoms with Gasteiger partial charge in [-0.15, -0.1) is 0 Å². The molecule has 0 radical (unpaired) electrons.